The summed E-state index contributed by atoms with van der Waals surface area (Å²) in [6.07, 6.45) is 3.68. The van der Waals surface area contributed by atoms with Crippen LogP contribution in [-0.4, -0.2) is 6.10 Å². The summed E-state index contributed by atoms with van der Waals surface area (Å²) in [7, 11) is -3.19. The Morgan fingerprint density at radius 1 is 1.36 bits per heavy atom. The third-order valence-electron chi connectivity index (χ3n) is 3.07. The van der Waals surface area contributed by atoms with Crippen LogP contribution in [0.25, 0.3) is 0 Å². The Kier molecular flexibility index (Phi) is 4.27. The second-order valence-corrected chi connectivity index (χ2v) is 5.70. The molecular weight excluding hydrogens is 205 g/mol. The Labute approximate surface area is 86.3 Å². The minimum absolute atomic E-state index is 0.224. The summed E-state index contributed by atoms with van der Waals surface area (Å²) in [6, 6.07) is 0. The molecular formula is C10H19F2OP. The molecule has 0 radical (unpaired) electrons. The van der Waals surface area contributed by atoms with Gasteiger partial charge in [-0.15, -0.1) is 0 Å². The van der Waals surface area contributed by atoms with Gasteiger partial charge in [0.25, 0.3) is 0 Å². The molecule has 2 unspecified atom stereocenters. The topological polar surface area (TPSA) is 9.23 Å². The van der Waals surface area contributed by atoms with Crippen LogP contribution in [0, 0.1) is 11.3 Å². The molecule has 4 heteroatoms. The van der Waals surface area contributed by atoms with E-state index in [0.717, 1.165) is 25.7 Å². The van der Waals surface area contributed by atoms with Gasteiger partial charge in [-0.1, -0.05) is 27.2 Å². The molecule has 84 valence electrons. The second-order valence-electron chi connectivity index (χ2n) is 5.08. The molecule has 0 amide bonds. The van der Waals surface area contributed by atoms with Crippen molar-refractivity contribution in [1.29, 1.82) is 0 Å². The molecule has 14 heavy (non-hydrogen) atoms. The first-order valence-electron chi connectivity index (χ1n) is 5.19. The maximum absolute atomic E-state index is 12.2. The molecule has 1 aliphatic carbocycles. The van der Waals surface area contributed by atoms with Crippen molar-refractivity contribution in [3.63, 3.8) is 0 Å². The molecule has 0 N–H and O–H groups in total. The van der Waals surface area contributed by atoms with E-state index in [1.54, 1.807) is 0 Å². The Bertz CT molecular complexity index is 185. The lowest BCUT2D eigenvalue weighted by molar-refractivity contribution is 0.122. The van der Waals surface area contributed by atoms with Gasteiger partial charge in [0.15, 0.2) is 0 Å². The number of halogens is 2. The third-order valence-corrected chi connectivity index (χ3v) is 3.50. The zero-order valence-corrected chi connectivity index (χ0v) is 9.99. The standard InChI is InChI=1S/C10H19F2OP/c1-8-7-10(2,3)6-4-5-9(8)13-14(11)12/h8-9H,4-7H2,1-3H3. The zero-order chi connectivity index (χ0) is 10.8. The summed E-state index contributed by atoms with van der Waals surface area (Å²) in [5, 5.41) is 0. The van der Waals surface area contributed by atoms with Gasteiger partial charge in [-0.05, 0) is 30.6 Å². The summed E-state index contributed by atoms with van der Waals surface area (Å²) in [5.41, 5.74) is 0.285. The monoisotopic (exact) mass is 224 g/mol. The van der Waals surface area contributed by atoms with Crippen molar-refractivity contribution in [3.8, 4) is 0 Å². The van der Waals surface area contributed by atoms with Crippen LogP contribution < -0.4 is 0 Å². The largest absolute Gasteiger partial charge is 0.415 e. The molecule has 1 saturated carbocycles. The van der Waals surface area contributed by atoms with E-state index < -0.39 is 8.77 Å². The van der Waals surface area contributed by atoms with Crippen LogP contribution in [0.2, 0.25) is 0 Å². The fraction of sp³-hybridized carbons (Fsp3) is 1.00. The van der Waals surface area contributed by atoms with Gasteiger partial charge in [0.1, 0.15) is 0 Å². The van der Waals surface area contributed by atoms with E-state index in [1.165, 1.54) is 0 Å². The molecule has 0 aromatic heterocycles. The molecule has 0 bridgehead atoms. The van der Waals surface area contributed by atoms with E-state index in [0.29, 0.717) is 0 Å². The lowest BCUT2D eigenvalue weighted by Gasteiger charge is -2.26. The molecule has 0 saturated heterocycles. The van der Waals surface area contributed by atoms with Crippen LogP contribution in [0.1, 0.15) is 46.5 Å². The van der Waals surface area contributed by atoms with E-state index in [1.807, 2.05) is 6.92 Å². The highest BCUT2D eigenvalue weighted by Crippen LogP contribution is 2.46. The highest BCUT2D eigenvalue weighted by Gasteiger charge is 2.32. The smallest absolute Gasteiger partial charge is 0.302 e. The summed E-state index contributed by atoms with van der Waals surface area (Å²) in [6.45, 7) is 6.44. The second kappa shape index (κ2) is 4.85. The molecule has 1 rings (SSSR count). The van der Waals surface area contributed by atoms with Crippen molar-refractivity contribution >= 4 is 8.77 Å². The van der Waals surface area contributed by atoms with Crippen molar-refractivity contribution in [2.45, 2.75) is 52.6 Å². The Morgan fingerprint density at radius 3 is 2.57 bits per heavy atom. The minimum Gasteiger partial charge on any atom is -0.302 e. The average molecular weight is 224 g/mol. The van der Waals surface area contributed by atoms with E-state index >= 15 is 0 Å². The molecule has 0 aromatic carbocycles. The van der Waals surface area contributed by atoms with Crippen molar-refractivity contribution in [3.05, 3.63) is 0 Å². The summed E-state index contributed by atoms with van der Waals surface area (Å²) >= 11 is 0. The highest BCUT2D eigenvalue weighted by atomic mass is 31.2. The molecule has 2 atom stereocenters. The fourth-order valence-corrected chi connectivity index (χ4v) is 2.95. The van der Waals surface area contributed by atoms with Crippen molar-refractivity contribution in [2.24, 2.45) is 11.3 Å². The van der Waals surface area contributed by atoms with Gasteiger partial charge in [-0.2, -0.15) is 8.39 Å². The SMILES string of the molecule is CC1CC(C)(C)CCCC1OP(F)F. The molecule has 1 aliphatic rings. The average Bonchev–Trinajstić information content (AvgIpc) is 2.10. The number of rotatable bonds is 2. The first-order valence-corrected chi connectivity index (χ1v) is 6.23. The van der Waals surface area contributed by atoms with E-state index in [4.69, 9.17) is 4.52 Å². The summed E-state index contributed by atoms with van der Waals surface area (Å²) in [5.74, 6) is 0.254. The fourth-order valence-electron chi connectivity index (χ4n) is 2.43. The zero-order valence-electron chi connectivity index (χ0n) is 9.09. The predicted octanol–water partition coefficient (Wildman–Crippen LogP) is 4.77. The van der Waals surface area contributed by atoms with Gasteiger partial charge in [0, 0.05) is 0 Å². The third kappa shape index (κ3) is 3.78. The Hall–Kier alpha value is 0.250. The Balaban J connectivity index is 2.53. The minimum atomic E-state index is -3.19. The summed E-state index contributed by atoms with van der Waals surface area (Å²) in [4.78, 5) is 0. The van der Waals surface area contributed by atoms with Crippen LogP contribution in [0.5, 0.6) is 0 Å². The van der Waals surface area contributed by atoms with Crippen LogP contribution >= 0.6 is 8.77 Å². The molecule has 1 nitrogen and oxygen atoms in total. The van der Waals surface area contributed by atoms with Crippen molar-refractivity contribution in [2.75, 3.05) is 0 Å². The van der Waals surface area contributed by atoms with Crippen LogP contribution in [-0.2, 0) is 4.52 Å². The normalized spacial score (nSPS) is 33.0. The number of hydrogen-bond donors (Lipinski definition) is 0. The lowest BCUT2D eigenvalue weighted by atomic mass is 9.81. The van der Waals surface area contributed by atoms with Gasteiger partial charge in [0.2, 0.25) is 0 Å². The molecule has 0 aromatic rings. The number of hydrogen-bond acceptors (Lipinski definition) is 1. The molecule has 0 spiro atoms. The van der Waals surface area contributed by atoms with Gasteiger partial charge < -0.3 is 4.52 Å². The van der Waals surface area contributed by atoms with E-state index in [-0.39, 0.29) is 17.4 Å². The quantitative estimate of drug-likeness (QED) is 0.484. The lowest BCUT2D eigenvalue weighted by Crippen LogP contribution is -2.21. The van der Waals surface area contributed by atoms with Gasteiger partial charge in [-0.3, -0.25) is 0 Å². The van der Waals surface area contributed by atoms with Crippen LogP contribution in [0.15, 0.2) is 0 Å². The predicted molar refractivity (Wildman–Crippen MR) is 55.4 cm³/mol. The van der Waals surface area contributed by atoms with E-state index in [9.17, 15) is 8.39 Å². The maximum Gasteiger partial charge on any atom is 0.415 e. The Morgan fingerprint density at radius 2 is 2.00 bits per heavy atom. The van der Waals surface area contributed by atoms with Gasteiger partial charge >= 0.3 is 8.77 Å². The van der Waals surface area contributed by atoms with Gasteiger partial charge in [0.05, 0.1) is 6.10 Å². The van der Waals surface area contributed by atoms with Crippen molar-refractivity contribution < 1.29 is 12.9 Å². The van der Waals surface area contributed by atoms with Crippen LogP contribution in [0.3, 0.4) is 0 Å². The first kappa shape index (κ1) is 12.3. The molecule has 0 aliphatic heterocycles. The van der Waals surface area contributed by atoms with Crippen LogP contribution in [0.4, 0.5) is 8.39 Å². The molecule has 0 heterocycles. The first-order chi connectivity index (χ1) is 6.41. The molecule has 1 fully saturated rings. The highest BCUT2D eigenvalue weighted by molar-refractivity contribution is 7.40. The van der Waals surface area contributed by atoms with Crippen molar-refractivity contribution in [1.82, 2.24) is 0 Å². The van der Waals surface area contributed by atoms with Gasteiger partial charge in [-0.25, -0.2) is 0 Å². The summed E-state index contributed by atoms with van der Waals surface area (Å²) < 4.78 is 29.0. The maximum atomic E-state index is 12.2. The van der Waals surface area contributed by atoms with E-state index in [2.05, 4.69) is 13.8 Å².